The maximum atomic E-state index is 12.4. The number of nitrogens with zero attached hydrogens (tertiary/aromatic N) is 2. The molecule has 1 N–H and O–H groups in total. The molecule has 0 saturated carbocycles. The number of rotatable bonds is 2. The van der Waals surface area contributed by atoms with Crippen molar-refractivity contribution in [3.8, 4) is 6.07 Å². The van der Waals surface area contributed by atoms with Crippen molar-refractivity contribution in [1.82, 2.24) is 5.32 Å². The molecule has 100 valence electrons. The van der Waals surface area contributed by atoms with Crippen LogP contribution in [0.1, 0.15) is 31.2 Å². The predicted molar refractivity (Wildman–Crippen MR) is 74.8 cm³/mol. The summed E-state index contributed by atoms with van der Waals surface area (Å²) in [5.74, 6) is 0.0805. The van der Waals surface area contributed by atoms with E-state index in [4.69, 9.17) is 5.26 Å². The zero-order valence-electron chi connectivity index (χ0n) is 11.2. The molecule has 0 aliphatic carbocycles. The summed E-state index contributed by atoms with van der Waals surface area (Å²) in [5, 5.41) is 12.2. The van der Waals surface area contributed by atoms with Crippen molar-refractivity contribution in [2.24, 2.45) is 0 Å². The van der Waals surface area contributed by atoms with Gasteiger partial charge in [-0.3, -0.25) is 4.79 Å². The fourth-order valence-corrected chi connectivity index (χ4v) is 2.38. The summed E-state index contributed by atoms with van der Waals surface area (Å²) in [4.78, 5) is 14.1. The van der Waals surface area contributed by atoms with Crippen molar-refractivity contribution in [2.75, 3.05) is 18.5 Å². The molecule has 19 heavy (non-hydrogen) atoms. The maximum absolute atomic E-state index is 12.4. The number of carbonyl (C=O) groups is 1. The number of benzene rings is 1. The third kappa shape index (κ3) is 3.33. The Morgan fingerprint density at radius 3 is 3.05 bits per heavy atom. The van der Waals surface area contributed by atoms with Gasteiger partial charge in [-0.05, 0) is 37.6 Å². The molecule has 2 rings (SSSR count). The first-order valence-corrected chi connectivity index (χ1v) is 6.73. The molecule has 1 saturated heterocycles. The Kier molecular flexibility index (Phi) is 4.53. The summed E-state index contributed by atoms with van der Waals surface area (Å²) in [6, 6.07) is 9.15. The largest absolute Gasteiger partial charge is 0.314 e. The normalized spacial score (nSPS) is 19.3. The zero-order chi connectivity index (χ0) is 13.7. The van der Waals surface area contributed by atoms with Crippen LogP contribution >= 0.6 is 0 Å². The monoisotopic (exact) mass is 257 g/mol. The summed E-state index contributed by atoms with van der Waals surface area (Å²) in [6.45, 7) is 0.905. The van der Waals surface area contributed by atoms with Gasteiger partial charge in [-0.15, -0.1) is 0 Å². The van der Waals surface area contributed by atoms with Crippen LogP contribution in [-0.4, -0.2) is 25.5 Å². The molecule has 1 aromatic carbocycles. The van der Waals surface area contributed by atoms with Crippen LogP contribution in [0.25, 0.3) is 0 Å². The van der Waals surface area contributed by atoms with Gasteiger partial charge in [0.2, 0.25) is 5.91 Å². The van der Waals surface area contributed by atoms with Crippen LogP contribution in [0.5, 0.6) is 0 Å². The van der Waals surface area contributed by atoms with E-state index in [1.54, 1.807) is 30.1 Å². The van der Waals surface area contributed by atoms with Crippen molar-refractivity contribution in [2.45, 2.75) is 31.7 Å². The van der Waals surface area contributed by atoms with Crippen molar-refractivity contribution in [3.63, 3.8) is 0 Å². The van der Waals surface area contributed by atoms with Gasteiger partial charge in [0.15, 0.2) is 0 Å². The Balaban J connectivity index is 2.11. The number of hydrogen-bond acceptors (Lipinski definition) is 3. The lowest BCUT2D eigenvalue weighted by Gasteiger charge is -2.23. The van der Waals surface area contributed by atoms with Crippen LogP contribution in [0.3, 0.4) is 0 Å². The predicted octanol–water partition coefficient (Wildman–Crippen LogP) is 2.05. The third-order valence-corrected chi connectivity index (χ3v) is 3.55. The van der Waals surface area contributed by atoms with Gasteiger partial charge >= 0.3 is 0 Å². The van der Waals surface area contributed by atoms with E-state index in [1.165, 1.54) is 6.42 Å². The van der Waals surface area contributed by atoms with Crippen LogP contribution < -0.4 is 10.2 Å². The second-order valence-electron chi connectivity index (χ2n) is 4.92. The van der Waals surface area contributed by atoms with Crippen molar-refractivity contribution in [1.29, 1.82) is 5.26 Å². The number of carbonyl (C=O) groups excluding carboxylic acids is 1. The van der Waals surface area contributed by atoms with Gasteiger partial charge in [0.1, 0.15) is 0 Å². The van der Waals surface area contributed by atoms with Crippen molar-refractivity contribution >= 4 is 11.6 Å². The van der Waals surface area contributed by atoms with Gasteiger partial charge in [0, 0.05) is 12.7 Å². The highest BCUT2D eigenvalue weighted by Crippen LogP contribution is 2.17. The van der Waals surface area contributed by atoms with Crippen LogP contribution in [-0.2, 0) is 4.79 Å². The number of likely N-dealkylation sites (N-methyl/N-ethyl adjacent to an activating group) is 1. The van der Waals surface area contributed by atoms with E-state index >= 15 is 0 Å². The summed E-state index contributed by atoms with van der Waals surface area (Å²) >= 11 is 0. The second-order valence-corrected chi connectivity index (χ2v) is 4.92. The minimum atomic E-state index is -0.0989. The molecule has 1 heterocycles. The molecule has 0 radical (unpaired) electrons. The van der Waals surface area contributed by atoms with Gasteiger partial charge in [-0.2, -0.15) is 5.26 Å². The minimum Gasteiger partial charge on any atom is -0.314 e. The van der Waals surface area contributed by atoms with E-state index in [0.29, 0.717) is 5.56 Å². The number of nitrogens with one attached hydrogen (secondary N) is 1. The molecule has 4 nitrogen and oxygen atoms in total. The molecule has 1 fully saturated rings. The molecule has 1 atom stereocenters. The first-order chi connectivity index (χ1) is 9.22. The lowest BCUT2D eigenvalue weighted by molar-refractivity contribution is -0.120. The molecule has 1 amide bonds. The topological polar surface area (TPSA) is 56.1 Å². The highest BCUT2D eigenvalue weighted by atomic mass is 16.2. The lowest BCUT2D eigenvalue weighted by atomic mass is 10.1. The average molecular weight is 257 g/mol. The van der Waals surface area contributed by atoms with Gasteiger partial charge in [-0.1, -0.05) is 18.9 Å². The van der Waals surface area contributed by atoms with Crippen molar-refractivity contribution < 1.29 is 4.79 Å². The molecule has 1 unspecified atom stereocenters. The first kappa shape index (κ1) is 13.6. The number of nitriles is 1. The Morgan fingerprint density at radius 1 is 1.42 bits per heavy atom. The number of amides is 1. The maximum Gasteiger partial charge on any atom is 0.243 e. The van der Waals surface area contributed by atoms with E-state index in [0.717, 1.165) is 31.5 Å². The summed E-state index contributed by atoms with van der Waals surface area (Å²) in [7, 11) is 1.77. The standard InChI is InChI=1S/C15H19N3O/c1-18(13-7-5-6-12(10-13)11-16)15(19)14-8-3-2-4-9-17-14/h5-7,10,14,17H,2-4,8-9H2,1H3. The lowest BCUT2D eigenvalue weighted by Crippen LogP contribution is -2.44. The Bertz CT molecular complexity index is 484. The van der Waals surface area contributed by atoms with Crippen LogP contribution in [0.2, 0.25) is 0 Å². The summed E-state index contributed by atoms with van der Waals surface area (Å²) in [6.07, 6.45) is 4.30. The van der Waals surface area contributed by atoms with E-state index in [2.05, 4.69) is 11.4 Å². The van der Waals surface area contributed by atoms with Gasteiger partial charge < -0.3 is 10.2 Å². The van der Waals surface area contributed by atoms with Crippen LogP contribution in [0.4, 0.5) is 5.69 Å². The average Bonchev–Trinajstić information content (AvgIpc) is 2.75. The molecule has 0 bridgehead atoms. The van der Waals surface area contributed by atoms with Gasteiger partial charge in [0.25, 0.3) is 0 Å². The summed E-state index contributed by atoms with van der Waals surface area (Å²) in [5.41, 5.74) is 1.35. The Morgan fingerprint density at radius 2 is 2.26 bits per heavy atom. The van der Waals surface area contributed by atoms with Gasteiger partial charge in [-0.25, -0.2) is 0 Å². The molecule has 1 aliphatic heterocycles. The van der Waals surface area contributed by atoms with Crippen molar-refractivity contribution in [3.05, 3.63) is 29.8 Å². The number of hydrogen-bond donors (Lipinski definition) is 1. The van der Waals surface area contributed by atoms with E-state index in [1.807, 2.05) is 6.07 Å². The third-order valence-electron chi connectivity index (χ3n) is 3.55. The van der Waals surface area contributed by atoms with Gasteiger partial charge in [0.05, 0.1) is 17.7 Å². The van der Waals surface area contributed by atoms with E-state index in [9.17, 15) is 4.79 Å². The smallest absolute Gasteiger partial charge is 0.243 e. The summed E-state index contributed by atoms with van der Waals surface area (Å²) < 4.78 is 0. The SMILES string of the molecule is CN(C(=O)C1CCCCCN1)c1cccc(C#N)c1. The van der Waals surface area contributed by atoms with E-state index < -0.39 is 0 Å². The molecule has 0 aromatic heterocycles. The fraction of sp³-hybridized carbons (Fsp3) is 0.467. The molecule has 1 aliphatic rings. The molecule has 0 spiro atoms. The zero-order valence-corrected chi connectivity index (χ0v) is 11.2. The number of anilines is 1. The van der Waals surface area contributed by atoms with Crippen LogP contribution in [0.15, 0.2) is 24.3 Å². The van der Waals surface area contributed by atoms with E-state index in [-0.39, 0.29) is 11.9 Å². The van der Waals surface area contributed by atoms with Crippen LogP contribution in [0, 0.1) is 11.3 Å². The molecular formula is C15H19N3O. The Labute approximate surface area is 114 Å². The fourth-order valence-electron chi connectivity index (χ4n) is 2.38. The highest BCUT2D eigenvalue weighted by molar-refractivity contribution is 5.96. The quantitative estimate of drug-likeness (QED) is 0.882. The molecular weight excluding hydrogens is 238 g/mol. The second kappa shape index (κ2) is 6.35. The molecule has 1 aromatic rings. The first-order valence-electron chi connectivity index (χ1n) is 6.73. The Hall–Kier alpha value is -1.86. The molecule has 4 heteroatoms. The minimum absolute atomic E-state index is 0.0805. The highest BCUT2D eigenvalue weighted by Gasteiger charge is 2.23.